The Balaban J connectivity index is 1.98. The third-order valence-electron chi connectivity index (χ3n) is 3.51. The molecule has 0 saturated heterocycles. The van der Waals surface area contributed by atoms with Crippen molar-refractivity contribution in [2.45, 2.75) is 37.4 Å². The second-order valence-corrected chi connectivity index (χ2v) is 4.35. The molecule has 1 aromatic rings. The van der Waals surface area contributed by atoms with E-state index in [2.05, 4.69) is 0 Å². The highest BCUT2D eigenvalue weighted by Gasteiger charge is 2.48. The molecule has 1 aliphatic carbocycles. The molecule has 2 heteroatoms. The highest BCUT2D eigenvalue weighted by Crippen LogP contribution is 2.44. The molecule has 1 N–H and O–H groups in total. The average molecular weight is 190 g/mol. The minimum absolute atomic E-state index is 0.242. The van der Waals surface area contributed by atoms with Crippen molar-refractivity contribution in [1.29, 1.82) is 0 Å². The summed E-state index contributed by atoms with van der Waals surface area (Å²) in [5, 5.41) is 10.0. The molecule has 0 radical (unpaired) electrons. The molecule has 1 aliphatic heterocycles. The summed E-state index contributed by atoms with van der Waals surface area (Å²) in [6, 6.07) is 8.02. The van der Waals surface area contributed by atoms with Crippen LogP contribution in [-0.2, 0) is 6.42 Å². The Labute approximate surface area is 83.5 Å². The summed E-state index contributed by atoms with van der Waals surface area (Å²) in [6.07, 6.45) is 3.62. The zero-order valence-corrected chi connectivity index (χ0v) is 8.07. The van der Waals surface area contributed by atoms with E-state index in [9.17, 15) is 5.11 Å². The number of aliphatic hydroxyl groups excluding tert-OH is 1. The summed E-state index contributed by atoms with van der Waals surface area (Å²) < 4.78 is 5.92. The van der Waals surface area contributed by atoms with E-state index in [4.69, 9.17) is 4.74 Å². The number of rotatable bonds is 0. The van der Waals surface area contributed by atoms with Crippen LogP contribution in [-0.4, -0.2) is 16.8 Å². The number of ether oxygens (including phenoxy) is 1. The number of hydrogen-bond donors (Lipinski definition) is 1. The van der Waals surface area contributed by atoms with Gasteiger partial charge >= 0.3 is 0 Å². The Morgan fingerprint density at radius 2 is 2.07 bits per heavy atom. The van der Waals surface area contributed by atoms with Gasteiger partial charge in [0, 0.05) is 6.42 Å². The van der Waals surface area contributed by atoms with Crippen LogP contribution in [0.1, 0.15) is 24.8 Å². The van der Waals surface area contributed by atoms with Crippen LogP contribution in [0.2, 0.25) is 0 Å². The first-order valence-electron chi connectivity index (χ1n) is 5.25. The largest absolute Gasteiger partial charge is 0.484 e. The van der Waals surface area contributed by atoms with Gasteiger partial charge in [-0.2, -0.15) is 0 Å². The molecular formula is C12H14O2. The molecule has 1 fully saturated rings. The summed E-state index contributed by atoms with van der Waals surface area (Å²) in [5.41, 5.74) is 0.895. The summed E-state index contributed by atoms with van der Waals surface area (Å²) >= 11 is 0. The Morgan fingerprint density at radius 1 is 1.29 bits per heavy atom. The molecule has 2 aliphatic rings. The maximum absolute atomic E-state index is 10.0. The third kappa shape index (κ3) is 1.01. The quantitative estimate of drug-likeness (QED) is 0.677. The van der Waals surface area contributed by atoms with Crippen molar-refractivity contribution in [2.75, 3.05) is 0 Å². The minimum Gasteiger partial charge on any atom is -0.484 e. The highest BCUT2D eigenvalue weighted by atomic mass is 16.5. The van der Waals surface area contributed by atoms with Gasteiger partial charge in [-0.1, -0.05) is 18.2 Å². The number of hydrogen-bond acceptors (Lipinski definition) is 2. The second kappa shape index (κ2) is 2.74. The standard InChI is InChI=1S/C12H14O2/c13-11-8-9-4-1-2-5-10(9)14-12(11)6-3-7-12/h1-2,4-5,11,13H,3,6-8H2/t11-/m0/s1. The first kappa shape index (κ1) is 8.30. The zero-order valence-electron chi connectivity index (χ0n) is 8.07. The predicted molar refractivity (Wildman–Crippen MR) is 53.4 cm³/mol. The lowest BCUT2D eigenvalue weighted by Gasteiger charge is -2.48. The molecule has 74 valence electrons. The lowest BCUT2D eigenvalue weighted by atomic mass is 9.72. The van der Waals surface area contributed by atoms with Crippen molar-refractivity contribution in [3.8, 4) is 5.75 Å². The smallest absolute Gasteiger partial charge is 0.135 e. The van der Waals surface area contributed by atoms with E-state index < -0.39 is 0 Å². The van der Waals surface area contributed by atoms with Gasteiger partial charge in [-0.3, -0.25) is 0 Å². The number of aliphatic hydroxyl groups is 1. The SMILES string of the molecule is O[C@H]1Cc2ccccc2OC12CCC2. The summed E-state index contributed by atoms with van der Waals surface area (Å²) in [4.78, 5) is 0. The van der Waals surface area contributed by atoms with Crippen LogP contribution in [0, 0.1) is 0 Å². The Kier molecular flexibility index (Phi) is 1.62. The van der Waals surface area contributed by atoms with E-state index in [0.29, 0.717) is 0 Å². The summed E-state index contributed by atoms with van der Waals surface area (Å²) in [5.74, 6) is 0.970. The number of fused-ring (bicyclic) bond motifs is 1. The van der Waals surface area contributed by atoms with Crippen molar-refractivity contribution in [3.63, 3.8) is 0 Å². The van der Waals surface area contributed by atoms with E-state index in [0.717, 1.165) is 30.6 Å². The Hall–Kier alpha value is -1.02. The molecule has 2 nitrogen and oxygen atoms in total. The van der Waals surface area contributed by atoms with E-state index >= 15 is 0 Å². The van der Waals surface area contributed by atoms with Gasteiger partial charge in [0.1, 0.15) is 11.4 Å². The molecule has 0 unspecified atom stereocenters. The van der Waals surface area contributed by atoms with Crippen molar-refractivity contribution in [3.05, 3.63) is 29.8 Å². The van der Waals surface area contributed by atoms with Crippen LogP contribution in [0.4, 0.5) is 0 Å². The fraction of sp³-hybridized carbons (Fsp3) is 0.500. The van der Waals surface area contributed by atoms with Crippen LogP contribution in [0.25, 0.3) is 0 Å². The maximum atomic E-state index is 10.0. The molecule has 1 atom stereocenters. The van der Waals surface area contributed by atoms with E-state index in [-0.39, 0.29) is 11.7 Å². The Morgan fingerprint density at radius 3 is 2.79 bits per heavy atom. The average Bonchev–Trinajstić information content (AvgIpc) is 2.14. The van der Waals surface area contributed by atoms with Crippen molar-refractivity contribution in [2.24, 2.45) is 0 Å². The van der Waals surface area contributed by atoms with E-state index in [1.165, 1.54) is 6.42 Å². The molecule has 0 bridgehead atoms. The number of benzene rings is 1. The van der Waals surface area contributed by atoms with E-state index in [1.807, 2.05) is 24.3 Å². The fourth-order valence-corrected chi connectivity index (χ4v) is 2.41. The third-order valence-corrected chi connectivity index (χ3v) is 3.51. The molecule has 14 heavy (non-hydrogen) atoms. The van der Waals surface area contributed by atoms with Gasteiger partial charge in [0.05, 0.1) is 6.10 Å². The molecule has 3 rings (SSSR count). The van der Waals surface area contributed by atoms with Gasteiger partial charge in [0.2, 0.25) is 0 Å². The molecule has 1 saturated carbocycles. The van der Waals surface area contributed by atoms with Gasteiger partial charge in [-0.05, 0) is 30.9 Å². The van der Waals surface area contributed by atoms with Crippen LogP contribution < -0.4 is 4.74 Å². The second-order valence-electron chi connectivity index (χ2n) is 4.35. The minimum atomic E-state index is -0.314. The van der Waals surface area contributed by atoms with Crippen LogP contribution >= 0.6 is 0 Å². The van der Waals surface area contributed by atoms with Crippen molar-refractivity contribution >= 4 is 0 Å². The topological polar surface area (TPSA) is 29.5 Å². The Bertz CT molecular complexity index is 355. The van der Waals surface area contributed by atoms with Gasteiger partial charge in [0.15, 0.2) is 0 Å². The van der Waals surface area contributed by atoms with Crippen LogP contribution in [0.3, 0.4) is 0 Å². The lowest BCUT2D eigenvalue weighted by Crippen LogP contribution is -2.56. The summed E-state index contributed by atoms with van der Waals surface area (Å²) in [6.45, 7) is 0. The summed E-state index contributed by atoms with van der Waals surface area (Å²) in [7, 11) is 0. The normalized spacial score (nSPS) is 27.6. The molecule has 1 heterocycles. The molecule has 1 aromatic carbocycles. The number of para-hydroxylation sites is 1. The molecule has 0 amide bonds. The molecule has 0 aromatic heterocycles. The first-order chi connectivity index (χ1) is 6.80. The molecular weight excluding hydrogens is 176 g/mol. The van der Waals surface area contributed by atoms with Crippen molar-refractivity contribution < 1.29 is 9.84 Å². The van der Waals surface area contributed by atoms with Gasteiger partial charge < -0.3 is 9.84 Å². The zero-order chi connectivity index (χ0) is 9.60. The highest BCUT2D eigenvalue weighted by molar-refractivity contribution is 5.37. The lowest BCUT2D eigenvalue weighted by molar-refractivity contribution is -0.115. The molecule has 1 spiro atoms. The fourth-order valence-electron chi connectivity index (χ4n) is 2.41. The monoisotopic (exact) mass is 190 g/mol. The van der Waals surface area contributed by atoms with Gasteiger partial charge in [-0.25, -0.2) is 0 Å². The maximum Gasteiger partial charge on any atom is 0.135 e. The first-order valence-corrected chi connectivity index (χ1v) is 5.25. The van der Waals surface area contributed by atoms with Gasteiger partial charge in [-0.15, -0.1) is 0 Å². The van der Waals surface area contributed by atoms with Crippen molar-refractivity contribution in [1.82, 2.24) is 0 Å². The van der Waals surface area contributed by atoms with Crippen LogP contribution in [0.5, 0.6) is 5.75 Å². The van der Waals surface area contributed by atoms with Crippen LogP contribution in [0.15, 0.2) is 24.3 Å². The predicted octanol–water partition coefficient (Wildman–Crippen LogP) is 1.91. The van der Waals surface area contributed by atoms with E-state index in [1.54, 1.807) is 0 Å². The van der Waals surface area contributed by atoms with Gasteiger partial charge in [0.25, 0.3) is 0 Å².